The number of hydrogen-bond donors (Lipinski definition) is 2. The predicted molar refractivity (Wildman–Crippen MR) is 138 cm³/mol. The van der Waals surface area contributed by atoms with Crippen LogP contribution in [0, 0.1) is 11.8 Å². The Balaban J connectivity index is 0.00000107. The Kier molecular flexibility index (Phi) is 9.27. The van der Waals surface area contributed by atoms with E-state index in [1.807, 2.05) is 12.1 Å². The molecule has 1 saturated carbocycles. The lowest BCUT2D eigenvalue weighted by atomic mass is 9.81. The van der Waals surface area contributed by atoms with Crippen molar-refractivity contribution >= 4 is 30.1 Å². The molecule has 1 aromatic rings. The van der Waals surface area contributed by atoms with Gasteiger partial charge in [0.1, 0.15) is 6.04 Å². The van der Waals surface area contributed by atoms with Gasteiger partial charge in [-0.2, -0.15) is 0 Å². The number of methoxy groups -OCH3 is 1. The molecule has 3 heterocycles. The molecule has 0 spiro atoms. The van der Waals surface area contributed by atoms with Crippen molar-refractivity contribution in [1.29, 1.82) is 0 Å². The van der Waals surface area contributed by atoms with Gasteiger partial charge < -0.3 is 14.7 Å². The maximum atomic E-state index is 13.1. The van der Waals surface area contributed by atoms with Gasteiger partial charge in [0.25, 0.3) is 18.3 Å². The number of ether oxygens (including phenoxy) is 1. The summed E-state index contributed by atoms with van der Waals surface area (Å²) in [5.74, 6) is 0.0557. The lowest BCUT2D eigenvalue weighted by molar-refractivity contribution is -0.136. The molecule has 10 heteroatoms. The lowest BCUT2D eigenvalue weighted by Gasteiger charge is -2.36. The largest absolute Gasteiger partial charge is 0.483 e. The maximum absolute atomic E-state index is 13.1. The van der Waals surface area contributed by atoms with Crippen LogP contribution in [0.15, 0.2) is 18.2 Å². The molecule has 1 unspecified atom stereocenters. The van der Waals surface area contributed by atoms with E-state index in [0.717, 1.165) is 54.8 Å². The van der Waals surface area contributed by atoms with Gasteiger partial charge in [-0.25, -0.2) is 0 Å². The second-order valence-corrected chi connectivity index (χ2v) is 10.8. The standard InChI is InChI=1S/C27H35N3O5.CH2O2/c1-35-16-18-4-2-17(3-5-18)15-29-12-10-19(11-13-29)20-6-7-21-22(14-20)27(34)30(26(21)33)23-8-9-24(31)28-25(23)32;2-1-3/h6-7,14,17-19,23H,2-5,8-13,15-16H2,1H3,(H,28,31,32);1H,(H,2,3). The Labute approximate surface area is 222 Å². The second-order valence-electron chi connectivity index (χ2n) is 10.8. The third kappa shape index (κ3) is 6.13. The molecular weight excluding hydrogens is 490 g/mol. The smallest absolute Gasteiger partial charge is 0.290 e. The van der Waals surface area contributed by atoms with Crippen LogP contribution in [0.1, 0.15) is 83.6 Å². The molecule has 38 heavy (non-hydrogen) atoms. The summed E-state index contributed by atoms with van der Waals surface area (Å²) in [7, 11) is 1.79. The van der Waals surface area contributed by atoms with Crippen LogP contribution in [0.5, 0.6) is 0 Å². The van der Waals surface area contributed by atoms with Gasteiger partial charge in [0.05, 0.1) is 11.1 Å². The fourth-order valence-corrected chi connectivity index (χ4v) is 6.37. The van der Waals surface area contributed by atoms with E-state index in [1.54, 1.807) is 13.2 Å². The minimum atomic E-state index is -0.920. The number of piperidine rings is 2. The molecule has 0 bridgehead atoms. The first-order chi connectivity index (χ1) is 18.4. The van der Waals surface area contributed by atoms with E-state index in [0.29, 0.717) is 17.0 Å². The van der Waals surface area contributed by atoms with Gasteiger partial charge >= 0.3 is 0 Å². The van der Waals surface area contributed by atoms with Crippen LogP contribution < -0.4 is 5.32 Å². The highest BCUT2D eigenvalue weighted by molar-refractivity contribution is 6.23. The van der Waals surface area contributed by atoms with Crippen LogP contribution >= 0.6 is 0 Å². The van der Waals surface area contributed by atoms with E-state index in [9.17, 15) is 19.2 Å². The van der Waals surface area contributed by atoms with Gasteiger partial charge in [0.15, 0.2) is 0 Å². The first kappa shape index (κ1) is 27.9. The topological polar surface area (TPSA) is 133 Å². The van der Waals surface area contributed by atoms with Gasteiger partial charge in [-0.15, -0.1) is 0 Å². The van der Waals surface area contributed by atoms with E-state index >= 15 is 0 Å². The van der Waals surface area contributed by atoms with Crippen LogP contribution in [0.3, 0.4) is 0 Å². The Morgan fingerprint density at radius 1 is 0.947 bits per heavy atom. The third-order valence-corrected chi connectivity index (χ3v) is 8.41. The van der Waals surface area contributed by atoms with Gasteiger partial charge in [-0.3, -0.25) is 34.2 Å². The molecule has 1 aliphatic carbocycles. The maximum Gasteiger partial charge on any atom is 0.290 e. The highest BCUT2D eigenvalue weighted by Gasteiger charge is 2.44. The molecule has 3 aliphatic heterocycles. The summed E-state index contributed by atoms with van der Waals surface area (Å²) in [6.07, 6.45) is 7.50. The number of carboxylic acid groups (broad SMARTS) is 1. The number of amides is 4. The molecule has 1 atom stereocenters. The Hall–Kier alpha value is -3.11. The zero-order valence-electron chi connectivity index (χ0n) is 21.9. The van der Waals surface area contributed by atoms with Crippen molar-refractivity contribution in [3.05, 3.63) is 34.9 Å². The van der Waals surface area contributed by atoms with E-state index in [1.165, 1.54) is 32.2 Å². The van der Waals surface area contributed by atoms with Crippen molar-refractivity contribution in [1.82, 2.24) is 15.1 Å². The van der Waals surface area contributed by atoms with E-state index < -0.39 is 23.8 Å². The van der Waals surface area contributed by atoms with Gasteiger partial charge in [-0.05, 0) is 93.5 Å². The number of likely N-dealkylation sites (tertiary alicyclic amines) is 1. The van der Waals surface area contributed by atoms with Crippen LogP contribution in [-0.2, 0) is 19.1 Å². The first-order valence-electron chi connectivity index (χ1n) is 13.5. The number of fused-ring (bicyclic) bond motifs is 1. The molecule has 206 valence electrons. The summed E-state index contributed by atoms with van der Waals surface area (Å²) in [6, 6.07) is 4.65. The van der Waals surface area contributed by atoms with Crippen molar-refractivity contribution in [2.24, 2.45) is 11.8 Å². The number of imide groups is 2. The van der Waals surface area contributed by atoms with E-state index in [2.05, 4.69) is 10.2 Å². The number of nitrogens with zero attached hydrogens (tertiary/aromatic N) is 2. The predicted octanol–water partition coefficient (Wildman–Crippen LogP) is 2.42. The van der Waals surface area contributed by atoms with Gasteiger partial charge in [0.2, 0.25) is 11.8 Å². The Morgan fingerprint density at radius 2 is 1.58 bits per heavy atom. The summed E-state index contributed by atoms with van der Waals surface area (Å²) in [5, 5.41) is 9.13. The zero-order valence-corrected chi connectivity index (χ0v) is 21.9. The molecule has 4 aliphatic rings. The number of rotatable bonds is 6. The number of hydrogen-bond acceptors (Lipinski definition) is 7. The number of carbonyl (C=O) groups excluding carboxylic acids is 4. The molecule has 0 radical (unpaired) electrons. The lowest BCUT2D eigenvalue weighted by Crippen LogP contribution is -2.54. The molecule has 1 aromatic carbocycles. The summed E-state index contributed by atoms with van der Waals surface area (Å²) < 4.78 is 5.32. The van der Waals surface area contributed by atoms with E-state index in [-0.39, 0.29) is 25.2 Å². The number of carbonyl (C=O) groups is 5. The molecule has 10 nitrogen and oxygen atoms in total. The van der Waals surface area contributed by atoms with Crippen molar-refractivity contribution < 1.29 is 33.8 Å². The SMILES string of the molecule is COCC1CCC(CN2CCC(c3ccc4c(c3)C(=O)N(C3CCC(=O)NC3=O)C4=O)CC2)CC1.O=CO. The van der Waals surface area contributed by atoms with Crippen molar-refractivity contribution in [3.63, 3.8) is 0 Å². The number of benzene rings is 1. The van der Waals surface area contributed by atoms with Gasteiger partial charge in [0, 0.05) is 26.7 Å². The van der Waals surface area contributed by atoms with Crippen LogP contribution in [0.4, 0.5) is 0 Å². The minimum Gasteiger partial charge on any atom is -0.483 e. The van der Waals surface area contributed by atoms with Crippen molar-refractivity contribution in [3.8, 4) is 0 Å². The van der Waals surface area contributed by atoms with Crippen LogP contribution in [-0.4, -0.2) is 84.4 Å². The zero-order chi connectivity index (χ0) is 27.2. The van der Waals surface area contributed by atoms with Crippen LogP contribution in [0.25, 0.3) is 0 Å². The molecule has 3 fully saturated rings. The van der Waals surface area contributed by atoms with Gasteiger partial charge in [-0.1, -0.05) is 6.07 Å². The summed E-state index contributed by atoms with van der Waals surface area (Å²) >= 11 is 0. The summed E-state index contributed by atoms with van der Waals surface area (Å²) in [4.78, 5) is 61.8. The first-order valence-corrected chi connectivity index (χ1v) is 13.5. The van der Waals surface area contributed by atoms with Crippen molar-refractivity contribution in [2.75, 3.05) is 33.4 Å². The third-order valence-electron chi connectivity index (χ3n) is 8.41. The molecule has 0 aromatic heterocycles. The molecule has 2 saturated heterocycles. The van der Waals surface area contributed by atoms with E-state index in [4.69, 9.17) is 14.6 Å². The molecule has 2 N–H and O–H groups in total. The summed E-state index contributed by atoms with van der Waals surface area (Å²) in [5.41, 5.74) is 1.83. The average Bonchev–Trinajstić information content (AvgIpc) is 3.15. The number of nitrogens with one attached hydrogen (secondary N) is 1. The normalized spacial score (nSPS) is 26.4. The quantitative estimate of drug-likeness (QED) is 0.426. The molecular formula is C28H37N3O7. The minimum absolute atomic E-state index is 0.127. The molecule has 4 amide bonds. The highest BCUT2D eigenvalue weighted by atomic mass is 16.5. The summed E-state index contributed by atoms with van der Waals surface area (Å²) in [6.45, 7) is 3.91. The fraction of sp³-hybridized carbons (Fsp3) is 0.607. The van der Waals surface area contributed by atoms with Crippen LogP contribution in [0.2, 0.25) is 0 Å². The second kappa shape index (κ2) is 12.6. The molecule has 5 rings (SSSR count). The average molecular weight is 528 g/mol. The monoisotopic (exact) mass is 527 g/mol. The Morgan fingerprint density at radius 3 is 2.21 bits per heavy atom. The van der Waals surface area contributed by atoms with Crippen molar-refractivity contribution in [2.45, 2.75) is 63.3 Å². The Bertz CT molecular complexity index is 1060. The fourth-order valence-electron chi connectivity index (χ4n) is 6.37. The highest BCUT2D eigenvalue weighted by Crippen LogP contribution is 2.35.